The van der Waals surface area contributed by atoms with Crippen LogP contribution < -0.4 is 0 Å². The minimum atomic E-state index is 0.467. The molecule has 0 aromatic carbocycles. The van der Waals surface area contributed by atoms with Crippen LogP contribution in [-0.2, 0) is 6.54 Å². The molecule has 1 aromatic rings. The lowest BCUT2D eigenvalue weighted by atomic mass is 9.70. The van der Waals surface area contributed by atoms with Crippen LogP contribution in [0.3, 0.4) is 0 Å². The van der Waals surface area contributed by atoms with Gasteiger partial charge in [-0.05, 0) is 38.2 Å². The first-order chi connectivity index (χ1) is 7.06. The van der Waals surface area contributed by atoms with E-state index in [4.69, 9.17) is 0 Å². The number of aryl methyl sites for hydroxylation is 1. The SMILES string of the molecule is Cc1cc(C=O)c(C)n1CC1(C)CCC1. The van der Waals surface area contributed by atoms with Crippen molar-refractivity contribution in [2.24, 2.45) is 5.41 Å². The summed E-state index contributed by atoms with van der Waals surface area (Å²) in [6, 6.07) is 1.99. The summed E-state index contributed by atoms with van der Waals surface area (Å²) >= 11 is 0. The van der Waals surface area contributed by atoms with E-state index in [1.165, 1.54) is 25.0 Å². The first-order valence-corrected chi connectivity index (χ1v) is 5.68. The van der Waals surface area contributed by atoms with Crippen molar-refractivity contribution in [2.45, 2.75) is 46.6 Å². The molecule has 82 valence electrons. The lowest BCUT2D eigenvalue weighted by molar-refractivity contribution is 0.112. The van der Waals surface area contributed by atoms with E-state index in [9.17, 15) is 4.79 Å². The van der Waals surface area contributed by atoms with Crippen molar-refractivity contribution in [1.29, 1.82) is 0 Å². The zero-order valence-electron chi connectivity index (χ0n) is 9.84. The lowest BCUT2D eigenvalue weighted by Crippen LogP contribution is -2.31. The van der Waals surface area contributed by atoms with Crippen LogP contribution in [0.1, 0.15) is 47.9 Å². The average molecular weight is 205 g/mol. The summed E-state index contributed by atoms with van der Waals surface area (Å²) < 4.78 is 2.29. The van der Waals surface area contributed by atoms with Crippen molar-refractivity contribution in [3.63, 3.8) is 0 Å². The molecule has 1 saturated carbocycles. The quantitative estimate of drug-likeness (QED) is 0.695. The van der Waals surface area contributed by atoms with Gasteiger partial charge in [-0.1, -0.05) is 13.3 Å². The van der Waals surface area contributed by atoms with Gasteiger partial charge in [0.05, 0.1) is 0 Å². The molecule has 1 fully saturated rings. The number of aldehydes is 1. The van der Waals surface area contributed by atoms with E-state index in [2.05, 4.69) is 18.4 Å². The Labute approximate surface area is 91.3 Å². The first-order valence-electron chi connectivity index (χ1n) is 5.68. The Morgan fingerprint density at radius 3 is 2.53 bits per heavy atom. The maximum atomic E-state index is 10.8. The summed E-state index contributed by atoms with van der Waals surface area (Å²) in [5.41, 5.74) is 3.64. The lowest BCUT2D eigenvalue weighted by Gasteiger charge is -2.39. The van der Waals surface area contributed by atoms with E-state index in [1.807, 2.05) is 13.0 Å². The van der Waals surface area contributed by atoms with E-state index < -0.39 is 0 Å². The number of hydrogen-bond donors (Lipinski definition) is 0. The monoisotopic (exact) mass is 205 g/mol. The van der Waals surface area contributed by atoms with E-state index in [-0.39, 0.29) is 0 Å². The molecule has 1 aliphatic rings. The minimum absolute atomic E-state index is 0.467. The molecule has 15 heavy (non-hydrogen) atoms. The molecule has 2 nitrogen and oxygen atoms in total. The fourth-order valence-electron chi connectivity index (χ4n) is 2.51. The van der Waals surface area contributed by atoms with Crippen molar-refractivity contribution in [1.82, 2.24) is 4.57 Å². The molecule has 0 N–H and O–H groups in total. The summed E-state index contributed by atoms with van der Waals surface area (Å²) in [4.78, 5) is 10.8. The summed E-state index contributed by atoms with van der Waals surface area (Å²) in [6.07, 6.45) is 4.96. The maximum absolute atomic E-state index is 10.8. The topological polar surface area (TPSA) is 22.0 Å². The Morgan fingerprint density at radius 1 is 1.47 bits per heavy atom. The van der Waals surface area contributed by atoms with Crippen LogP contribution >= 0.6 is 0 Å². The Morgan fingerprint density at radius 2 is 2.13 bits per heavy atom. The van der Waals surface area contributed by atoms with Gasteiger partial charge in [0, 0.05) is 23.5 Å². The molecule has 0 radical (unpaired) electrons. The van der Waals surface area contributed by atoms with Crippen LogP contribution in [-0.4, -0.2) is 10.9 Å². The van der Waals surface area contributed by atoms with Gasteiger partial charge in [-0.25, -0.2) is 0 Å². The van der Waals surface area contributed by atoms with Gasteiger partial charge in [-0.15, -0.1) is 0 Å². The largest absolute Gasteiger partial charge is 0.348 e. The number of rotatable bonds is 3. The highest BCUT2D eigenvalue weighted by Gasteiger charge is 2.32. The predicted octanol–water partition coefficient (Wildman–Crippen LogP) is 3.11. The van der Waals surface area contributed by atoms with Crippen LogP contribution in [0.2, 0.25) is 0 Å². The first kappa shape index (κ1) is 10.5. The van der Waals surface area contributed by atoms with E-state index in [1.54, 1.807) is 0 Å². The van der Waals surface area contributed by atoms with Crippen LogP contribution in [0, 0.1) is 19.3 Å². The molecule has 0 aliphatic heterocycles. The molecule has 0 atom stereocenters. The van der Waals surface area contributed by atoms with E-state index in [0.717, 1.165) is 24.1 Å². The van der Waals surface area contributed by atoms with E-state index >= 15 is 0 Å². The Balaban J connectivity index is 2.27. The third-order valence-corrected chi connectivity index (χ3v) is 3.84. The third-order valence-electron chi connectivity index (χ3n) is 3.84. The van der Waals surface area contributed by atoms with Gasteiger partial charge in [0.25, 0.3) is 0 Å². The minimum Gasteiger partial charge on any atom is -0.348 e. The highest BCUT2D eigenvalue weighted by Crippen LogP contribution is 2.42. The summed E-state index contributed by atoms with van der Waals surface area (Å²) in [6.45, 7) is 7.54. The summed E-state index contributed by atoms with van der Waals surface area (Å²) in [5.74, 6) is 0. The number of hydrogen-bond acceptors (Lipinski definition) is 1. The number of carbonyl (C=O) groups is 1. The second-order valence-corrected chi connectivity index (χ2v) is 5.19. The molecule has 1 aromatic heterocycles. The van der Waals surface area contributed by atoms with Crippen LogP contribution in [0.4, 0.5) is 0 Å². The van der Waals surface area contributed by atoms with Crippen molar-refractivity contribution in [3.05, 3.63) is 23.0 Å². The van der Waals surface area contributed by atoms with Crippen molar-refractivity contribution >= 4 is 6.29 Å². The molecule has 2 rings (SSSR count). The van der Waals surface area contributed by atoms with Crippen molar-refractivity contribution in [2.75, 3.05) is 0 Å². The zero-order valence-corrected chi connectivity index (χ0v) is 9.84. The zero-order chi connectivity index (χ0) is 11.1. The predicted molar refractivity (Wildman–Crippen MR) is 61.3 cm³/mol. The molecule has 0 unspecified atom stereocenters. The highest BCUT2D eigenvalue weighted by molar-refractivity contribution is 5.77. The number of nitrogens with zero attached hydrogens (tertiary/aromatic N) is 1. The Bertz CT molecular complexity index is 385. The normalized spacial score (nSPS) is 18.6. The van der Waals surface area contributed by atoms with Gasteiger partial charge in [0.15, 0.2) is 6.29 Å². The van der Waals surface area contributed by atoms with Gasteiger partial charge in [0.2, 0.25) is 0 Å². The smallest absolute Gasteiger partial charge is 0.151 e. The van der Waals surface area contributed by atoms with Gasteiger partial charge in [-0.2, -0.15) is 0 Å². The Kier molecular flexibility index (Phi) is 2.45. The highest BCUT2D eigenvalue weighted by atomic mass is 16.1. The Hall–Kier alpha value is -1.05. The number of carbonyl (C=O) groups excluding carboxylic acids is 1. The molecule has 1 heterocycles. The molecule has 0 saturated heterocycles. The van der Waals surface area contributed by atoms with Gasteiger partial charge < -0.3 is 4.57 Å². The standard InChI is InChI=1S/C13H19NO/c1-10-7-12(8-15)11(2)14(10)9-13(3)5-4-6-13/h7-8H,4-6,9H2,1-3H3. The summed E-state index contributed by atoms with van der Waals surface area (Å²) in [5, 5.41) is 0. The molecule has 1 aliphatic carbocycles. The van der Waals surface area contributed by atoms with Gasteiger partial charge in [0.1, 0.15) is 0 Å². The van der Waals surface area contributed by atoms with Crippen molar-refractivity contribution < 1.29 is 4.79 Å². The van der Waals surface area contributed by atoms with Crippen molar-refractivity contribution in [3.8, 4) is 0 Å². The second-order valence-electron chi connectivity index (χ2n) is 5.19. The van der Waals surface area contributed by atoms with E-state index in [0.29, 0.717) is 5.41 Å². The molecule has 0 spiro atoms. The fourth-order valence-corrected chi connectivity index (χ4v) is 2.51. The van der Waals surface area contributed by atoms with Gasteiger partial charge >= 0.3 is 0 Å². The van der Waals surface area contributed by atoms with Crippen LogP contribution in [0.25, 0.3) is 0 Å². The number of aromatic nitrogens is 1. The third kappa shape index (κ3) is 1.73. The van der Waals surface area contributed by atoms with Gasteiger partial charge in [-0.3, -0.25) is 4.79 Å². The van der Waals surface area contributed by atoms with Crippen LogP contribution in [0.15, 0.2) is 6.07 Å². The molecular weight excluding hydrogens is 186 g/mol. The average Bonchev–Trinajstić information content (AvgIpc) is 2.42. The molecular formula is C13H19NO. The fraction of sp³-hybridized carbons (Fsp3) is 0.615. The molecule has 0 amide bonds. The maximum Gasteiger partial charge on any atom is 0.151 e. The second kappa shape index (κ2) is 3.51. The molecule has 0 bridgehead atoms. The molecule has 2 heteroatoms. The van der Waals surface area contributed by atoms with Crippen LogP contribution in [0.5, 0.6) is 0 Å². The summed E-state index contributed by atoms with van der Waals surface area (Å²) in [7, 11) is 0.